The zero-order chi connectivity index (χ0) is 83.4. The van der Waals surface area contributed by atoms with Crippen LogP contribution in [0.1, 0.15) is 65.4 Å². The molecular weight excluding hydrogens is 1660 g/mol. The van der Waals surface area contributed by atoms with Crippen LogP contribution in [0.2, 0.25) is 0 Å². The van der Waals surface area contributed by atoms with Gasteiger partial charge in [0.15, 0.2) is 0 Å². The van der Waals surface area contributed by atoms with Crippen molar-refractivity contribution in [1.82, 2.24) is 27.4 Å². The van der Waals surface area contributed by atoms with Crippen molar-refractivity contribution in [3.8, 4) is 34.1 Å². The van der Waals surface area contributed by atoms with E-state index in [2.05, 4.69) is 377 Å². The van der Waals surface area contributed by atoms with Crippen molar-refractivity contribution in [1.29, 1.82) is 0 Å². The molecule has 0 bridgehead atoms. The first-order valence-electron chi connectivity index (χ1n) is 42.3. The van der Waals surface area contributed by atoms with Crippen molar-refractivity contribution in [2.75, 3.05) is 0 Å². The third-order valence-electron chi connectivity index (χ3n) is 25.6. The first kappa shape index (κ1) is 74.4. The molecule has 0 spiro atoms. The third kappa shape index (κ3) is 11.3. The second-order valence-electron chi connectivity index (χ2n) is 34.5. The molecule has 0 aliphatic heterocycles. The smallest absolute Gasteiger partial charge is 0.0905 e. The molecule has 27 rings (SSSR count). The van der Waals surface area contributed by atoms with Crippen LogP contribution in [0.25, 0.3) is 220 Å². The summed E-state index contributed by atoms with van der Waals surface area (Å²) in [6.07, 6.45) is 0. The summed E-state index contributed by atoms with van der Waals surface area (Å²) < 4.78 is 34.5. The molecule has 0 N–H and O–H groups in total. The number of aryl methyl sites for hydroxylation is 12. The maximum atomic E-state index is 2.53. The Kier molecular flexibility index (Phi) is 16.6. The minimum absolute atomic E-state index is 1.17. The molecule has 27 aromatic rings. The van der Waals surface area contributed by atoms with Crippen LogP contribution in [0.15, 0.2) is 267 Å². The Bertz CT molecular complexity index is 8970. The molecule has 124 heavy (non-hydrogen) atoms. The van der Waals surface area contributed by atoms with Gasteiger partial charge < -0.3 is 27.4 Å². The molecule has 14 heteroatoms. The highest BCUT2D eigenvalue weighted by atomic mass is 32.1. The average Bonchev–Trinajstić information content (AvgIpc) is 1.51. The normalized spacial score (nSPS) is 12.4. The number of nitrogens with zero attached hydrogens (tertiary/aromatic N) is 6. The number of hydrogen-bond donors (Lipinski definition) is 0. The molecule has 0 fully saturated rings. The van der Waals surface area contributed by atoms with E-state index in [1.807, 2.05) is 90.7 Å². The molecule has 0 saturated carbocycles. The Morgan fingerprint density at radius 3 is 0.798 bits per heavy atom. The van der Waals surface area contributed by atoms with E-state index in [1.54, 1.807) is 0 Å². The Morgan fingerprint density at radius 2 is 0.395 bits per heavy atom. The Labute approximate surface area is 746 Å². The molecule has 13 aromatic carbocycles. The van der Waals surface area contributed by atoms with E-state index in [0.29, 0.717) is 0 Å². The fourth-order valence-electron chi connectivity index (χ4n) is 19.6. The summed E-state index contributed by atoms with van der Waals surface area (Å²) >= 11 is 15.4. The predicted octanol–water partition coefficient (Wildman–Crippen LogP) is 34.8. The summed E-state index contributed by atoms with van der Waals surface area (Å²) in [5, 5.41) is 13.5. The molecule has 14 heterocycles. The highest BCUT2D eigenvalue weighted by Crippen LogP contribution is 2.55. The minimum atomic E-state index is 1.17. The van der Waals surface area contributed by atoms with Crippen molar-refractivity contribution in [2.45, 2.75) is 83.1 Å². The van der Waals surface area contributed by atoms with Gasteiger partial charge >= 0.3 is 0 Å². The van der Waals surface area contributed by atoms with Gasteiger partial charge in [-0.25, -0.2) is 0 Å². The van der Waals surface area contributed by atoms with Crippen molar-refractivity contribution in [3.05, 3.63) is 332 Å². The zero-order valence-corrected chi connectivity index (χ0v) is 76.9. The van der Waals surface area contributed by atoms with Crippen LogP contribution in [0.3, 0.4) is 0 Å². The standard InChI is InChI=1S/C48H38N4S2.2C31H21NS3/c1-27-7-15-33(16-8-27)49-39-25-38-40(26-37(39)43-45(49)47-41(23-31(5)53-47)51(43)35-19-11-29(3)12-20-35)50(34-17-9-28(2)10-18-34)46-44(38)52(36-21-13-30(4)14-22-36)42-24-32(6)54-48(42)46;1-16-4-8-19(9-5-16)32-24-14-23-27(35-30-21-11-7-18(3)13-26(21)34-31(23)30)15-22(24)29-28(32)20-10-6-17(2)12-25(20)33-29;1-16-4-8-19(9-5-16)32-24-12-17(2)6-10-20(24)29-28(32)22-14-27-23(15-26(22)33-29)31-30(35-27)21-11-7-18(3)13-25(21)34-31/h7-26H,1-6H3;2*4-15H,1-3H3. The molecule has 0 radical (unpaired) electrons. The SMILES string of the molecule is Cc1ccc(-n2c3cc(C)ccc3c3sc4cc5c(cc4c32)sc2c3ccc(C)cc3sc52)cc1.Cc1ccc(-n2c3cc(C)sc3c3c2c2cc4c(cc2n3-c2ccc(C)cc2)c2c(c3sc(C)cc3n2-c2ccc(C)cc2)n4-c2ccc(C)cc2)cc1.Cc1ccc(-n2c3cc4c(cc3c3sc5cc(C)ccc5c32)sc2c3ccc(C)cc3sc42)cc1. The molecule has 0 unspecified atom stereocenters. The van der Waals surface area contributed by atoms with Crippen molar-refractivity contribution in [2.24, 2.45) is 0 Å². The number of fused-ring (bicyclic) bond motifs is 30. The van der Waals surface area contributed by atoms with Crippen LogP contribution >= 0.6 is 90.7 Å². The van der Waals surface area contributed by atoms with Gasteiger partial charge in [-0.15, -0.1) is 90.7 Å². The topological polar surface area (TPSA) is 29.6 Å². The van der Waals surface area contributed by atoms with E-state index < -0.39 is 0 Å². The largest absolute Gasteiger partial charge is 0.308 e. The molecule has 0 saturated heterocycles. The van der Waals surface area contributed by atoms with Gasteiger partial charge in [0.1, 0.15) is 0 Å². The van der Waals surface area contributed by atoms with Gasteiger partial charge in [-0.2, -0.15) is 0 Å². The number of aromatic nitrogens is 6. The lowest BCUT2D eigenvalue weighted by Gasteiger charge is -2.11. The van der Waals surface area contributed by atoms with Crippen molar-refractivity contribution < 1.29 is 0 Å². The van der Waals surface area contributed by atoms with E-state index >= 15 is 0 Å². The van der Waals surface area contributed by atoms with Crippen LogP contribution in [0.5, 0.6) is 0 Å². The second-order valence-corrected chi connectivity index (χ2v) is 43.3. The average molecular weight is 1740 g/mol. The Morgan fingerprint density at radius 1 is 0.145 bits per heavy atom. The molecule has 14 aromatic heterocycles. The van der Waals surface area contributed by atoms with Gasteiger partial charge in [-0.05, 0) is 251 Å². The maximum absolute atomic E-state index is 2.53. The second kappa shape index (κ2) is 27.7. The van der Waals surface area contributed by atoms with Gasteiger partial charge in [-0.3, -0.25) is 0 Å². The molecule has 0 aliphatic rings. The van der Waals surface area contributed by atoms with Gasteiger partial charge in [0.2, 0.25) is 0 Å². The van der Waals surface area contributed by atoms with Crippen LogP contribution in [-0.4, -0.2) is 27.4 Å². The summed E-state index contributed by atoms with van der Waals surface area (Å²) in [7, 11) is 0. The predicted molar refractivity (Wildman–Crippen MR) is 550 cm³/mol. The lowest BCUT2D eigenvalue weighted by molar-refractivity contribution is 1.17. The van der Waals surface area contributed by atoms with E-state index in [4.69, 9.17) is 0 Å². The zero-order valence-electron chi connectivity index (χ0n) is 70.4. The minimum Gasteiger partial charge on any atom is -0.308 e. The summed E-state index contributed by atoms with van der Waals surface area (Å²) in [5.74, 6) is 0. The molecule has 0 atom stereocenters. The van der Waals surface area contributed by atoms with E-state index in [0.717, 1.165) is 0 Å². The molecular formula is C110H80N6S8. The van der Waals surface area contributed by atoms with E-state index in [-0.39, 0.29) is 0 Å². The van der Waals surface area contributed by atoms with Crippen LogP contribution in [-0.2, 0) is 0 Å². The fraction of sp³-hybridized carbons (Fsp3) is 0.109. The van der Waals surface area contributed by atoms with Crippen LogP contribution in [0.4, 0.5) is 0 Å². The quantitative estimate of drug-likeness (QED) is 0.159. The van der Waals surface area contributed by atoms with Crippen LogP contribution < -0.4 is 0 Å². The van der Waals surface area contributed by atoms with Crippen molar-refractivity contribution >= 4 is 277 Å². The van der Waals surface area contributed by atoms with Gasteiger partial charge in [0.25, 0.3) is 0 Å². The number of hydrogen-bond acceptors (Lipinski definition) is 8. The molecule has 6 nitrogen and oxygen atoms in total. The highest BCUT2D eigenvalue weighted by molar-refractivity contribution is 7.37. The van der Waals surface area contributed by atoms with E-state index in [1.165, 1.54) is 285 Å². The molecule has 0 amide bonds. The summed E-state index contributed by atoms with van der Waals surface area (Å²) in [5.41, 5.74) is 35.3. The summed E-state index contributed by atoms with van der Waals surface area (Å²) in [4.78, 5) is 2.62. The monoisotopic (exact) mass is 1740 g/mol. The van der Waals surface area contributed by atoms with Gasteiger partial charge in [0.05, 0.1) is 104 Å². The summed E-state index contributed by atoms with van der Waals surface area (Å²) in [6.45, 7) is 26.2. The fourth-order valence-corrected chi connectivity index (χ4v) is 29.7. The lowest BCUT2D eigenvalue weighted by atomic mass is 10.1. The van der Waals surface area contributed by atoms with Crippen LogP contribution in [0, 0.1) is 83.1 Å². The number of benzene rings is 13. The Hall–Kier alpha value is -12.2. The molecule has 598 valence electrons. The number of thiophene rings is 8. The summed E-state index contributed by atoms with van der Waals surface area (Å²) in [6, 6.07) is 101. The first-order chi connectivity index (χ1) is 60.3. The molecule has 0 aliphatic carbocycles. The maximum Gasteiger partial charge on any atom is 0.0905 e. The first-order valence-corrected chi connectivity index (χ1v) is 48.8. The van der Waals surface area contributed by atoms with Crippen molar-refractivity contribution in [3.63, 3.8) is 0 Å². The van der Waals surface area contributed by atoms with Gasteiger partial charge in [-0.1, -0.05) is 155 Å². The third-order valence-corrected chi connectivity index (χ3v) is 35.0. The van der Waals surface area contributed by atoms with E-state index in [9.17, 15) is 0 Å². The van der Waals surface area contributed by atoms with Gasteiger partial charge in [0, 0.05) is 126 Å². The lowest BCUT2D eigenvalue weighted by Crippen LogP contribution is -1.95. The highest BCUT2D eigenvalue weighted by Gasteiger charge is 2.31. The number of rotatable bonds is 6. The Balaban J connectivity index is 0.000000106.